The Morgan fingerprint density at radius 3 is 2.30 bits per heavy atom. The average molecular weight is 366 g/mol. The van der Waals surface area contributed by atoms with Crippen LogP contribution in [-0.2, 0) is 14.3 Å². The molecule has 0 aromatic carbocycles. The highest BCUT2D eigenvalue weighted by atomic mass is 16.6. The van der Waals surface area contributed by atoms with E-state index in [0.29, 0.717) is 0 Å². The SMILES string of the molecule is CC=C1C(=O)OC(=O)C1=CC(=CC(C)c1coc(C)c1)c1cc(C)oc1C. The molecule has 1 fully saturated rings. The Labute approximate surface area is 158 Å². The molecule has 3 rings (SSSR count). The molecule has 0 amide bonds. The topological polar surface area (TPSA) is 69.7 Å². The molecule has 5 nitrogen and oxygen atoms in total. The van der Waals surface area contributed by atoms with E-state index in [1.807, 2.05) is 45.9 Å². The Hall–Kier alpha value is -3.08. The molecule has 3 heterocycles. The highest BCUT2D eigenvalue weighted by Gasteiger charge is 2.33. The molecular formula is C22H22O5. The summed E-state index contributed by atoms with van der Waals surface area (Å²) in [4.78, 5) is 24.0. The Morgan fingerprint density at radius 1 is 1.04 bits per heavy atom. The van der Waals surface area contributed by atoms with Crippen molar-refractivity contribution in [2.24, 2.45) is 0 Å². The van der Waals surface area contributed by atoms with Crippen LogP contribution in [0.2, 0.25) is 0 Å². The first-order chi connectivity index (χ1) is 12.8. The summed E-state index contributed by atoms with van der Waals surface area (Å²) >= 11 is 0. The summed E-state index contributed by atoms with van der Waals surface area (Å²) in [6.45, 7) is 9.38. The molecule has 0 bridgehead atoms. The zero-order valence-corrected chi connectivity index (χ0v) is 16.1. The number of cyclic esters (lactones) is 2. The number of ether oxygens (including phenoxy) is 1. The zero-order valence-electron chi connectivity index (χ0n) is 16.1. The number of furan rings is 2. The summed E-state index contributed by atoms with van der Waals surface area (Å²) in [5, 5.41) is 0. The molecule has 2 aromatic heterocycles. The first kappa shape index (κ1) is 18.7. The smallest absolute Gasteiger partial charge is 0.346 e. The second-order valence-corrected chi connectivity index (χ2v) is 6.67. The van der Waals surface area contributed by atoms with Crippen LogP contribution in [0.4, 0.5) is 0 Å². The first-order valence-corrected chi connectivity index (χ1v) is 8.79. The maximum atomic E-state index is 12.2. The van der Waals surface area contributed by atoms with E-state index >= 15 is 0 Å². The number of aryl methyl sites for hydroxylation is 3. The molecule has 0 saturated carbocycles. The molecule has 1 aliphatic rings. The third-order valence-electron chi connectivity index (χ3n) is 4.56. The number of carbonyl (C=O) groups is 2. The normalized spacial score (nSPS) is 19.2. The number of rotatable bonds is 4. The quantitative estimate of drug-likeness (QED) is 0.435. The second kappa shape index (κ2) is 7.27. The van der Waals surface area contributed by atoms with Gasteiger partial charge in [-0.05, 0) is 57.0 Å². The molecular weight excluding hydrogens is 344 g/mol. The van der Waals surface area contributed by atoms with Gasteiger partial charge in [0.2, 0.25) is 0 Å². The van der Waals surface area contributed by atoms with Crippen molar-refractivity contribution in [1.29, 1.82) is 0 Å². The lowest BCUT2D eigenvalue weighted by Gasteiger charge is -2.08. The van der Waals surface area contributed by atoms with Crippen molar-refractivity contribution in [1.82, 2.24) is 0 Å². The number of esters is 2. The monoisotopic (exact) mass is 366 g/mol. The standard InChI is InChI=1S/C22H22O5/c1-6-18-20(22(24)27-21(18)23)10-16(19-9-14(4)26-15(19)5)7-12(2)17-8-13(3)25-11-17/h6-12H,1-5H3. The van der Waals surface area contributed by atoms with Gasteiger partial charge in [0.1, 0.15) is 17.3 Å². The zero-order chi connectivity index (χ0) is 19.7. The van der Waals surface area contributed by atoms with Crippen molar-refractivity contribution in [2.75, 3.05) is 0 Å². The molecule has 5 heteroatoms. The van der Waals surface area contributed by atoms with E-state index in [2.05, 4.69) is 0 Å². The van der Waals surface area contributed by atoms with E-state index in [0.717, 1.165) is 34.0 Å². The Balaban J connectivity index is 2.12. The van der Waals surface area contributed by atoms with Crippen LogP contribution in [0, 0.1) is 20.8 Å². The van der Waals surface area contributed by atoms with Crippen LogP contribution in [-0.4, -0.2) is 11.9 Å². The van der Waals surface area contributed by atoms with Crippen molar-refractivity contribution in [3.05, 3.63) is 76.2 Å². The van der Waals surface area contributed by atoms with Gasteiger partial charge in [-0.15, -0.1) is 0 Å². The minimum Gasteiger partial charge on any atom is -0.469 e. The van der Waals surface area contributed by atoms with E-state index in [1.54, 1.807) is 25.3 Å². The fourth-order valence-electron chi connectivity index (χ4n) is 3.18. The number of hydrogen-bond acceptors (Lipinski definition) is 5. The highest BCUT2D eigenvalue weighted by Crippen LogP contribution is 2.32. The maximum Gasteiger partial charge on any atom is 0.346 e. The second-order valence-electron chi connectivity index (χ2n) is 6.67. The molecule has 0 spiro atoms. The lowest BCUT2D eigenvalue weighted by atomic mass is 9.94. The molecule has 0 radical (unpaired) electrons. The van der Waals surface area contributed by atoms with Crippen molar-refractivity contribution in [3.8, 4) is 0 Å². The molecule has 2 aromatic rings. The van der Waals surface area contributed by atoms with Gasteiger partial charge < -0.3 is 13.6 Å². The van der Waals surface area contributed by atoms with Gasteiger partial charge in [0, 0.05) is 11.5 Å². The third kappa shape index (κ3) is 3.72. The van der Waals surface area contributed by atoms with Crippen LogP contribution >= 0.6 is 0 Å². The molecule has 0 aliphatic carbocycles. The molecule has 27 heavy (non-hydrogen) atoms. The predicted octanol–water partition coefficient (Wildman–Crippen LogP) is 4.94. The minimum atomic E-state index is -0.635. The predicted molar refractivity (Wildman–Crippen MR) is 101 cm³/mol. The summed E-state index contributed by atoms with van der Waals surface area (Å²) < 4.78 is 15.8. The van der Waals surface area contributed by atoms with Crippen molar-refractivity contribution in [2.45, 2.75) is 40.5 Å². The molecule has 1 atom stereocenters. The summed E-state index contributed by atoms with van der Waals surface area (Å²) in [6, 6.07) is 3.90. The summed E-state index contributed by atoms with van der Waals surface area (Å²) in [5.41, 5.74) is 3.21. The number of hydrogen-bond donors (Lipinski definition) is 0. The van der Waals surface area contributed by atoms with Crippen LogP contribution < -0.4 is 0 Å². The van der Waals surface area contributed by atoms with Gasteiger partial charge in [-0.3, -0.25) is 0 Å². The first-order valence-electron chi connectivity index (χ1n) is 8.79. The Morgan fingerprint density at radius 2 is 1.74 bits per heavy atom. The Kier molecular flexibility index (Phi) is 5.04. The van der Waals surface area contributed by atoms with E-state index in [4.69, 9.17) is 13.6 Å². The van der Waals surface area contributed by atoms with Crippen LogP contribution in [0.25, 0.3) is 5.57 Å². The van der Waals surface area contributed by atoms with Crippen LogP contribution in [0.15, 0.2) is 56.6 Å². The molecule has 0 N–H and O–H groups in total. The number of carbonyl (C=O) groups excluding carboxylic acids is 2. The van der Waals surface area contributed by atoms with E-state index < -0.39 is 11.9 Å². The van der Waals surface area contributed by atoms with Gasteiger partial charge in [0.15, 0.2) is 0 Å². The summed E-state index contributed by atoms with van der Waals surface area (Å²) in [5.74, 6) is 1.13. The summed E-state index contributed by atoms with van der Waals surface area (Å²) in [6.07, 6.45) is 7.04. The van der Waals surface area contributed by atoms with Crippen LogP contribution in [0.1, 0.15) is 48.2 Å². The van der Waals surface area contributed by atoms with E-state index in [-0.39, 0.29) is 17.1 Å². The third-order valence-corrected chi connectivity index (χ3v) is 4.56. The molecule has 140 valence electrons. The molecule has 1 aliphatic heterocycles. The van der Waals surface area contributed by atoms with E-state index in [9.17, 15) is 9.59 Å². The fourth-order valence-corrected chi connectivity index (χ4v) is 3.18. The van der Waals surface area contributed by atoms with Crippen molar-refractivity contribution >= 4 is 17.5 Å². The average Bonchev–Trinajstić information content (AvgIpc) is 3.25. The molecule has 1 unspecified atom stereocenters. The van der Waals surface area contributed by atoms with Crippen molar-refractivity contribution in [3.63, 3.8) is 0 Å². The Bertz CT molecular complexity index is 994. The fraction of sp³-hybridized carbons (Fsp3) is 0.273. The van der Waals surface area contributed by atoms with Crippen LogP contribution in [0.3, 0.4) is 0 Å². The highest BCUT2D eigenvalue weighted by molar-refractivity contribution is 6.19. The lowest BCUT2D eigenvalue weighted by Crippen LogP contribution is -1.98. The number of allylic oxidation sites excluding steroid dienone is 4. The van der Waals surface area contributed by atoms with Crippen LogP contribution in [0.5, 0.6) is 0 Å². The van der Waals surface area contributed by atoms with Gasteiger partial charge in [-0.1, -0.05) is 19.1 Å². The van der Waals surface area contributed by atoms with Gasteiger partial charge in [0.25, 0.3) is 0 Å². The van der Waals surface area contributed by atoms with E-state index in [1.165, 1.54) is 0 Å². The largest absolute Gasteiger partial charge is 0.469 e. The minimum absolute atomic E-state index is 0.0334. The maximum absolute atomic E-state index is 12.2. The lowest BCUT2D eigenvalue weighted by molar-refractivity contribution is -0.149. The van der Waals surface area contributed by atoms with Gasteiger partial charge in [-0.2, -0.15) is 0 Å². The summed E-state index contributed by atoms with van der Waals surface area (Å²) in [7, 11) is 0. The van der Waals surface area contributed by atoms with Crippen molar-refractivity contribution < 1.29 is 23.2 Å². The molecule has 1 saturated heterocycles. The van der Waals surface area contributed by atoms with Gasteiger partial charge in [-0.25, -0.2) is 9.59 Å². The van der Waals surface area contributed by atoms with Gasteiger partial charge in [0.05, 0.1) is 17.4 Å². The van der Waals surface area contributed by atoms with Gasteiger partial charge >= 0.3 is 11.9 Å².